The summed E-state index contributed by atoms with van der Waals surface area (Å²) in [6.45, 7) is 0.605. The van der Waals surface area contributed by atoms with Crippen LogP contribution in [0.2, 0.25) is 0 Å². The zero-order chi connectivity index (χ0) is 18.3. The van der Waals surface area contributed by atoms with Gasteiger partial charge in [-0.15, -0.1) is 0 Å². The average Bonchev–Trinajstić information content (AvgIpc) is 2.63. The van der Waals surface area contributed by atoms with Gasteiger partial charge in [-0.25, -0.2) is 0 Å². The van der Waals surface area contributed by atoms with Crippen LogP contribution in [-0.4, -0.2) is 49.5 Å². The Bertz CT molecular complexity index is 778. The molecule has 5 rings (SSSR count). The molecule has 1 unspecified atom stereocenters. The highest BCUT2D eigenvalue weighted by atomic mass is 16.7. The van der Waals surface area contributed by atoms with Crippen molar-refractivity contribution in [3.8, 4) is 11.5 Å². The molecule has 0 radical (unpaired) electrons. The molecule has 2 bridgehead atoms. The number of methoxy groups -OCH3 is 2. The highest BCUT2D eigenvalue weighted by Crippen LogP contribution is 2.64. The van der Waals surface area contributed by atoms with Crippen molar-refractivity contribution in [3.05, 3.63) is 28.0 Å². The van der Waals surface area contributed by atoms with Crippen LogP contribution in [0.5, 0.6) is 11.5 Å². The third-order valence-electron chi connectivity index (χ3n) is 7.44. The lowest BCUT2D eigenvalue weighted by molar-refractivity contribution is -0.895. The van der Waals surface area contributed by atoms with E-state index in [2.05, 4.69) is 0 Å². The maximum Gasteiger partial charge on any atom is 0.237 e. The van der Waals surface area contributed by atoms with Gasteiger partial charge in [0.25, 0.3) is 0 Å². The molecule has 1 saturated carbocycles. The van der Waals surface area contributed by atoms with Crippen molar-refractivity contribution in [2.75, 3.05) is 27.8 Å². The van der Waals surface area contributed by atoms with Crippen LogP contribution in [-0.2, 0) is 16.6 Å². The minimum absolute atomic E-state index is 0.0328. The molecule has 1 fully saturated rings. The topological polar surface area (TPSA) is 71.0 Å². The van der Waals surface area contributed by atoms with Gasteiger partial charge < -0.3 is 29.2 Å². The smallest absolute Gasteiger partial charge is 0.237 e. The molecule has 1 aromatic rings. The Kier molecular flexibility index (Phi) is 3.32. The monoisotopic (exact) mass is 361 g/mol. The van der Waals surface area contributed by atoms with Crippen LogP contribution >= 0.6 is 0 Å². The van der Waals surface area contributed by atoms with Gasteiger partial charge in [0, 0.05) is 42.9 Å². The molecule has 6 heteroatoms. The quantitative estimate of drug-likeness (QED) is 0.647. The van der Waals surface area contributed by atoms with Crippen LogP contribution in [0.15, 0.2) is 6.07 Å². The van der Waals surface area contributed by atoms with Crippen LogP contribution in [0, 0.1) is 5.21 Å². The Morgan fingerprint density at radius 1 is 1.31 bits per heavy atom. The van der Waals surface area contributed by atoms with Gasteiger partial charge in [-0.05, 0) is 30.9 Å². The Morgan fingerprint density at radius 3 is 2.81 bits per heavy atom. The Morgan fingerprint density at radius 2 is 2.08 bits per heavy atom. The second-order valence-corrected chi connectivity index (χ2v) is 8.69. The first-order valence-electron chi connectivity index (χ1n) is 9.58. The first kappa shape index (κ1) is 16.8. The lowest BCUT2D eigenvalue weighted by Crippen LogP contribution is -2.62. The molecule has 0 amide bonds. The van der Waals surface area contributed by atoms with Crippen molar-refractivity contribution in [3.63, 3.8) is 0 Å². The molecular formula is C20H27NO5. The highest BCUT2D eigenvalue weighted by Gasteiger charge is 2.61. The van der Waals surface area contributed by atoms with E-state index in [1.165, 1.54) is 16.7 Å². The van der Waals surface area contributed by atoms with Gasteiger partial charge in [-0.1, -0.05) is 0 Å². The highest BCUT2D eigenvalue weighted by molar-refractivity contribution is 5.62. The maximum atomic E-state index is 13.2. The van der Waals surface area contributed by atoms with Gasteiger partial charge in [-0.2, -0.15) is 0 Å². The molecule has 142 valence electrons. The van der Waals surface area contributed by atoms with Gasteiger partial charge >= 0.3 is 0 Å². The third-order valence-corrected chi connectivity index (χ3v) is 7.44. The molecule has 0 aromatic heterocycles. The fourth-order valence-electron chi connectivity index (χ4n) is 6.07. The van der Waals surface area contributed by atoms with Crippen molar-refractivity contribution < 1.29 is 24.0 Å². The number of fused-ring (bicyclic) bond motifs is 1. The van der Waals surface area contributed by atoms with E-state index in [0.29, 0.717) is 30.9 Å². The van der Waals surface area contributed by atoms with Crippen LogP contribution in [0.1, 0.15) is 54.8 Å². The van der Waals surface area contributed by atoms with Gasteiger partial charge in [-0.3, -0.25) is 0 Å². The Balaban J connectivity index is 1.81. The predicted molar refractivity (Wildman–Crippen MR) is 95.0 cm³/mol. The van der Waals surface area contributed by atoms with Gasteiger partial charge in [0.2, 0.25) is 5.79 Å². The summed E-state index contributed by atoms with van der Waals surface area (Å²) in [6, 6.07) is 2.00. The van der Waals surface area contributed by atoms with Crippen molar-refractivity contribution in [2.45, 2.75) is 61.9 Å². The summed E-state index contributed by atoms with van der Waals surface area (Å²) in [5.41, 5.74) is 3.49. The number of rotatable bonds is 2. The van der Waals surface area contributed by atoms with E-state index in [9.17, 15) is 10.3 Å². The summed E-state index contributed by atoms with van der Waals surface area (Å²) in [7, 11) is 5.06. The lowest BCUT2D eigenvalue weighted by Gasteiger charge is -2.60. The molecule has 4 aliphatic rings. The normalized spacial score (nSPS) is 42.7. The zero-order valence-electron chi connectivity index (χ0n) is 15.7. The molecule has 5 atom stereocenters. The van der Waals surface area contributed by atoms with Crippen LogP contribution in [0.4, 0.5) is 0 Å². The number of hydrogen-bond acceptors (Lipinski definition) is 5. The zero-order valence-corrected chi connectivity index (χ0v) is 15.7. The van der Waals surface area contributed by atoms with Gasteiger partial charge in [0.15, 0.2) is 11.5 Å². The Labute approximate surface area is 153 Å². The summed E-state index contributed by atoms with van der Waals surface area (Å²) >= 11 is 0. The van der Waals surface area contributed by atoms with Gasteiger partial charge in [0.05, 0.1) is 20.7 Å². The number of aliphatic hydroxyl groups is 1. The lowest BCUT2D eigenvalue weighted by atomic mass is 9.57. The first-order valence-corrected chi connectivity index (χ1v) is 9.58. The van der Waals surface area contributed by atoms with E-state index >= 15 is 0 Å². The largest absolute Gasteiger partial charge is 0.633 e. The summed E-state index contributed by atoms with van der Waals surface area (Å²) in [6.07, 6.45) is 4.09. The molecule has 2 aliphatic heterocycles. The van der Waals surface area contributed by atoms with Crippen molar-refractivity contribution in [1.29, 1.82) is 0 Å². The van der Waals surface area contributed by atoms with Crippen LogP contribution < -0.4 is 9.47 Å². The average molecular weight is 361 g/mol. The van der Waals surface area contributed by atoms with Crippen LogP contribution in [0.3, 0.4) is 0 Å². The van der Waals surface area contributed by atoms with Crippen molar-refractivity contribution in [2.24, 2.45) is 0 Å². The number of nitrogens with zero attached hydrogens (tertiary/aromatic N) is 1. The molecule has 1 aromatic carbocycles. The standard InChI is InChI=1S/C20H27NO5/c1-21(23)9-6-12-10-14(24-2)18-17-16(12)13(21)4-7-19(17)8-5-15(22)20(11-19,25-3)26-18/h10,13,15,22H,4-9,11H2,1-3H3/t13-,15+,19+,20+,21?/m0/s1. The molecule has 26 heavy (non-hydrogen) atoms. The number of benzene rings is 1. The van der Waals surface area contributed by atoms with Crippen molar-refractivity contribution >= 4 is 0 Å². The van der Waals surface area contributed by atoms with E-state index in [-0.39, 0.29) is 16.1 Å². The number of aliphatic hydroxyl groups excluding tert-OH is 1. The third kappa shape index (κ3) is 1.91. The van der Waals surface area contributed by atoms with Gasteiger partial charge in [0.1, 0.15) is 12.1 Å². The van der Waals surface area contributed by atoms with Crippen LogP contribution in [0.25, 0.3) is 0 Å². The summed E-state index contributed by atoms with van der Waals surface area (Å²) in [5.74, 6) is 0.356. The molecule has 2 aliphatic carbocycles. The fourth-order valence-corrected chi connectivity index (χ4v) is 6.07. The van der Waals surface area contributed by atoms with E-state index < -0.39 is 11.9 Å². The number of ether oxygens (including phenoxy) is 3. The Hall–Kier alpha value is -1.34. The summed E-state index contributed by atoms with van der Waals surface area (Å²) in [5, 5.41) is 23.8. The first-order chi connectivity index (χ1) is 12.4. The molecule has 2 heterocycles. The molecule has 6 nitrogen and oxygen atoms in total. The molecule has 0 saturated heterocycles. The molecular weight excluding hydrogens is 334 g/mol. The number of hydrogen-bond donors (Lipinski definition) is 1. The number of quaternary nitrogens is 1. The summed E-state index contributed by atoms with van der Waals surface area (Å²) in [4.78, 5) is 0. The van der Waals surface area contributed by atoms with E-state index in [0.717, 1.165) is 25.7 Å². The maximum absolute atomic E-state index is 13.2. The predicted octanol–water partition coefficient (Wildman–Crippen LogP) is 2.55. The summed E-state index contributed by atoms with van der Waals surface area (Å²) < 4.78 is 17.6. The SMILES string of the molecule is COc1cc2c3c4c1O[C@]1(OC)C[C@]4(CC[C@H]1O)CC[C@@H]3[N+](C)([O-])CC2. The van der Waals surface area contributed by atoms with E-state index in [1.54, 1.807) is 21.3 Å². The molecule has 1 spiro atoms. The minimum atomic E-state index is -1.02. The minimum Gasteiger partial charge on any atom is -0.633 e. The molecule has 1 N–H and O–H groups in total. The fraction of sp³-hybridized carbons (Fsp3) is 0.700. The second kappa shape index (κ2) is 5.13. The van der Waals surface area contributed by atoms with Crippen molar-refractivity contribution in [1.82, 2.24) is 0 Å². The number of hydroxylamine groups is 3. The van der Waals surface area contributed by atoms with E-state index in [1.807, 2.05) is 6.07 Å². The van der Waals surface area contributed by atoms with E-state index in [4.69, 9.17) is 14.2 Å². The number of likely N-dealkylation sites (N-methyl/N-ethyl adjacent to an activating group) is 1. The second-order valence-electron chi connectivity index (χ2n) is 8.69.